The normalized spacial score (nSPS) is 11.4. The van der Waals surface area contributed by atoms with Crippen LogP contribution in [0.5, 0.6) is 0 Å². The number of anilines is 2. The van der Waals surface area contributed by atoms with E-state index in [1.165, 1.54) is 24.3 Å². The fourth-order valence-electron chi connectivity index (χ4n) is 2.78. The number of halogens is 2. The Labute approximate surface area is 171 Å². The van der Waals surface area contributed by atoms with E-state index in [9.17, 15) is 17.2 Å². The van der Waals surface area contributed by atoms with Gasteiger partial charge in [0, 0.05) is 11.3 Å². The second-order valence-electron chi connectivity index (χ2n) is 6.61. The van der Waals surface area contributed by atoms with Gasteiger partial charge in [-0.3, -0.25) is 0 Å². The minimum atomic E-state index is -4.12. The zero-order valence-electron chi connectivity index (χ0n) is 15.8. The summed E-state index contributed by atoms with van der Waals surface area (Å²) >= 11 is 0. The van der Waals surface area contributed by atoms with Crippen molar-refractivity contribution >= 4 is 21.4 Å². The van der Waals surface area contributed by atoms with E-state index in [2.05, 4.69) is 10.3 Å². The van der Waals surface area contributed by atoms with E-state index >= 15 is 0 Å². The van der Waals surface area contributed by atoms with Gasteiger partial charge in [0.15, 0.2) is 0 Å². The Morgan fingerprint density at radius 3 is 2.00 bits per heavy atom. The van der Waals surface area contributed by atoms with Crippen LogP contribution in [0.3, 0.4) is 0 Å². The molecule has 0 unspecified atom stereocenters. The van der Waals surface area contributed by atoms with Crippen molar-refractivity contribution in [3.63, 3.8) is 0 Å². The van der Waals surface area contributed by atoms with Crippen molar-refractivity contribution in [2.24, 2.45) is 0 Å². The van der Waals surface area contributed by atoms with E-state index in [-0.39, 0.29) is 21.7 Å². The number of sulfone groups is 1. The lowest BCUT2D eigenvalue weighted by Gasteiger charge is -2.06. The van der Waals surface area contributed by atoms with Crippen LogP contribution in [-0.4, -0.2) is 13.4 Å². The van der Waals surface area contributed by atoms with E-state index in [1.54, 1.807) is 12.1 Å². The fourth-order valence-corrected chi connectivity index (χ4v) is 4.03. The summed E-state index contributed by atoms with van der Waals surface area (Å²) < 4.78 is 58.5. The molecule has 3 aromatic carbocycles. The molecule has 0 spiro atoms. The van der Waals surface area contributed by atoms with Crippen LogP contribution < -0.4 is 5.32 Å². The summed E-state index contributed by atoms with van der Waals surface area (Å²) in [7, 11) is -4.12. The quantitative estimate of drug-likeness (QED) is 0.427. The van der Waals surface area contributed by atoms with E-state index in [0.717, 1.165) is 29.8 Å². The van der Waals surface area contributed by atoms with Crippen molar-refractivity contribution in [3.8, 4) is 11.5 Å². The summed E-state index contributed by atoms with van der Waals surface area (Å²) in [5.41, 5.74) is 2.02. The number of nitrogens with zero attached hydrogens (tertiary/aromatic N) is 1. The second-order valence-corrected chi connectivity index (χ2v) is 8.47. The van der Waals surface area contributed by atoms with Gasteiger partial charge in [-0.05, 0) is 67.6 Å². The van der Waals surface area contributed by atoms with Crippen LogP contribution in [-0.2, 0) is 9.84 Å². The molecular weight excluding hydrogens is 410 g/mol. The van der Waals surface area contributed by atoms with Crippen molar-refractivity contribution in [1.29, 1.82) is 0 Å². The van der Waals surface area contributed by atoms with Crippen LogP contribution in [0, 0.1) is 18.6 Å². The van der Waals surface area contributed by atoms with Crippen molar-refractivity contribution in [1.82, 2.24) is 4.98 Å². The molecule has 30 heavy (non-hydrogen) atoms. The zero-order chi connectivity index (χ0) is 21.3. The minimum absolute atomic E-state index is 0.0975. The minimum Gasteiger partial charge on any atom is -0.419 e. The number of nitrogens with one attached hydrogen (secondary N) is 1. The summed E-state index contributed by atoms with van der Waals surface area (Å²) in [5.74, 6) is -1.02. The molecule has 0 bridgehead atoms. The molecule has 0 saturated carbocycles. The largest absolute Gasteiger partial charge is 0.419 e. The second kappa shape index (κ2) is 7.72. The zero-order valence-corrected chi connectivity index (χ0v) is 16.6. The molecule has 0 aliphatic carbocycles. The number of oxazole rings is 1. The number of hydrogen-bond donors (Lipinski definition) is 1. The SMILES string of the molecule is Cc1ccc(-c2nc(S(=O)(=O)c3ccc(F)cc3)c(Nc3ccc(F)cc3)o2)cc1. The molecule has 5 nitrogen and oxygen atoms in total. The van der Waals surface area contributed by atoms with Gasteiger partial charge in [0.1, 0.15) is 11.6 Å². The van der Waals surface area contributed by atoms with Crippen LogP contribution in [0.1, 0.15) is 5.56 Å². The molecule has 152 valence electrons. The predicted octanol–water partition coefficient (Wildman–Crippen LogP) is 5.50. The summed E-state index contributed by atoms with van der Waals surface area (Å²) in [6.07, 6.45) is 0. The first-order valence-electron chi connectivity index (χ1n) is 8.94. The van der Waals surface area contributed by atoms with Crippen molar-refractivity contribution in [2.75, 3.05) is 5.32 Å². The predicted molar refractivity (Wildman–Crippen MR) is 108 cm³/mol. The maximum atomic E-state index is 13.3. The summed E-state index contributed by atoms with van der Waals surface area (Å²) in [6.45, 7) is 1.92. The molecule has 1 heterocycles. The lowest BCUT2D eigenvalue weighted by molar-refractivity contribution is 0.581. The third kappa shape index (κ3) is 3.95. The van der Waals surface area contributed by atoms with Gasteiger partial charge in [0.25, 0.3) is 0 Å². The van der Waals surface area contributed by atoms with Gasteiger partial charge in [0.2, 0.25) is 26.6 Å². The molecule has 0 radical (unpaired) electrons. The molecule has 0 saturated heterocycles. The Bertz CT molecular complexity index is 1280. The first-order chi connectivity index (χ1) is 14.3. The molecule has 1 N–H and O–H groups in total. The molecule has 0 fully saturated rings. The van der Waals surface area contributed by atoms with Gasteiger partial charge in [-0.25, -0.2) is 17.2 Å². The van der Waals surface area contributed by atoms with Crippen LogP contribution in [0.25, 0.3) is 11.5 Å². The number of rotatable bonds is 5. The average Bonchev–Trinajstić information content (AvgIpc) is 3.15. The molecule has 0 aliphatic heterocycles. The molecule has 1 aromatic heterocycles. The van der Waals surface area contributed by atoms with E-state index in [4.69, 9.17) is 4.42 Å². The molecule has 4 aromatic rings. The maximum absolute atomic E-state index is 13.3. The average molecular weight is 426 g/mol. The Hall–Kier alpha value is -3.52. The molecule has 0 aliphatic rings. The van der Waals surface area contributed by atoms with E-state index in [0.29, 0.717) is 11.3 Å². The Morgan fingerprint density at radius 2 is 1.40 bits per heavy atom. The third-order valence-electron chi connectivity index (χ3n) is 4.38. The van der Waals surface area contributed by atoms with Gasteiger partial charge in [-0.15, -0.1) is 0 Å². The standard InChI is InChI=1S/C22H16F2N2O3S/c1-14-2-4-15(5-3-14)20-26-22(30(27,28)19-12-8-17(24)9-13-19)21(29-20)25-18-10-6-16(23)7-11-18/h2-13,25H,1H3. The molecule has 0 atom stereocenters. The van der Waals surface area contributed by atoms with Gasteiger partial charge >= 0.3 is 0 Å². The van der Waals surface area contributed by atoms with Crippen molar-refractivity contribution in [2.45, 2.75) is 16.8 Å². The highest BCUT2D eigenvalue weighted by atomic mass is 32.2. The summed E-state index contributed by atoms with van der Waals surface area (Å²) in [5, 5.41) is 2.49. The third-order valence-corrected chi connectivity index (χ3v) is 6.05. The van der Waals surface area contributed by atoms with Gasteiger partial charge in [-0.2, -0.15) is 4.98 Å². The number of hydrogen-bond acceptors (Lipinski definition) is 5. The van der Waals surface area contributed by atoms with E-state index < -0.39 is 21.5 Å². The topological polar surface area (TPSA) is 72.2 Å². The van der Waals surface area contributed by atoms with Crippen LogP contribution in [0.15, 0.2) is 87.1 Å². The van der Waals surface area contributed by atoms with Gasteiger partial charge in [0.05, 0.1) is 4.90 Å². The molecule has 4 rings (SSSR count). The van der Waals surface area contributed by atoms with Crippen LogP contribution >= 0.6 is 0 Å². The first-order valence-corrected chi connectivity index (χ1v) is 10.4. The maximum Gasteiger partial charge on any atom is 0.238 e. The first kappa shape index (κ1) is 19.8. The fraction of sp³-hybridized carbons (Fsp3) is 0.0455. The summed E-state index contributed by atoms with van der Waals surface area (Å²) in [6, 6.07) is 17.0. The molecule has 8 heteroatoms. The van der Waals surface area contributed by atoms with Gasteiger partial charge < -0.3 is 9.73 Å². The lowest BCUT2D eigenvalue weighted by atomic mass is 10.1. The number of benzene rings is 3. The van der Waals surface area contributed by atoms with E-state index in [1.807, 2.05) is 19.1 Å². The van der Waals surface area contributed by atoms with Crippen molar-refractivity contribution in [3.05, 3.63) is 90.0 Å². The smallest absolute Gasteiger partial charge is 0.238 e. The Kier molecular flexibility index (Phi) is 5.09. The Balaban J connectivity index is 1.83. The molecular formula is C22H16F2N2O3S. The molecule has 0 amide bonds. The number of aryl methyl sites for hydroxylation is 1. The monoisotopic (exact) mass is 426 g/mol. The van der Waals surface area contributed by atoms with Crippen LogP contribution in [0.2, 0.25) is 0 Å². The van der Waals surface area contributed by atoms with Crippen molar-refractivity contribution < 1.29 is 21.6 Å². The van der Waals surface area contributed by atoms with Gasteiger partial charge in [-0.1, -0.05) is 17.7 Å². The highest BCUT2D eigenvalue weighted by Gasteiger charge is 2.29. The van der Waals surface area contributed by atoms with Crippen LogP contribution in [0.4, 0.5) is 20.4 Å². The Morgan fingerprint density at radius 1 is 0.833 bits per heavy atom. The lowest BCUT2D eigenvalue weighted by Crippen LogP contribution is -2.05. The highest BCUT2D eigenvalue weighted by Crippen LogP contribution is 2.34. The summed E-state index contributed by atoms with van der Waals surface area (Å²) in [4.78, 5) is 4.08. The highest BCUT2D eigenvalue weighted by molar-refractivity contribution is 7.91. The number of aromatic nitrogens is 1.